The fraction of sp³-hybridized carbons (Fsp3) is 0.824. The fourth-order valence-corrected chi connectivity index (χ4v) is 3.52. The van der Waals surface area contributed by atoms with Gasteiger partial charge in [0.15, 0.2) is 0 Å². The van der Waals surface area contributed by atoms with Crippen LogP contribution in [0, 0.1) is 11.8 Å². The van der Waals surface area contributed by atoms with Gasteiger partial charge in [0.2, 0.25) is 0 Å². The van der Waals surface area contributed by atoms with Crippen molar-refractivity contribution in [3.8, 4) is 0 Å². The van der Waals surface area contributed by atoms with Gasteiger partial charge in [0.25, 0.3) is 0 Å². The molecule has 1 aromatic heterocycles. The first-order chi connectivity index (χ1) is 9.32. The summed E-state index contributed by atoms with van der Waals surface area (Å²) in [5.74, 6) is 1.46. The zero-order valence-corrected chi connectivity index (χ0v) is 14.9. The molecular weight excluding hydrogens is 264 g/mol. The van der Waals surface area contributed by atoms with E-state index in [1.165, 1.54) is 23.5 Å². The van der Waals surface area contributed by atoms with E-state index < -0.39 is 0 Å². The van der Waals surface area contributed by atoms with E-state index in [-0.39, 0.29) is 5.41 Å². The Morgan fingerprint density at radius 2 is 2.00 bits per heavy atom. The first-order valence-electron chi connectivity index (χ1n) is 7.98. The lowest BCUT2D eigenvalue weighted by atomic mass is 9.92. The van der Waals surface area contributed by atoms with Gasteiger partial charge >= 0.3 is 0 Å². The van der Waals surface area contributed by atoms with E-state index in [0.717, 1.165) is 25.4 Å². The molecule has 0 radical (unpaired) electrons. The second kappa shape index (κ2) is 8.14. The van der Waals surface area contributed by atoms with Crippen molar-refractivity contribution in [1.29, 1.82) is 0 Å². The van der Waals surface area contributed by atoms with Crippen LogP contribution in [0.2, 0.25) is 0 Å². The van der Waals surface area contributed by atoms with Crippen LogP contribution in [0.15, 0.2) is 5.38 Å². The number of aromatic nitrogens is 1. The van der Waals surface area contributed by atoms with Crippen LogP contribution < -0.4 is 5.32 Å². The maximum Gasteiger partial charge on any atom is 0.0931 e. The van der Waals surface area contributed by atoms with Gasteiger partial charge in [-0.3, -0.25) is 0 Å². The molecule has 0 aliphatic heterocycles. The minimum absolute atomic E-state index is 0.169. The topological polar surface area (TPSA) is 24.9 Å². The lowest BCUT2D eigenvalue weighted by Gasteiger charge is -2.19. The second-order valence-corrected chi connectivity index (χ2v) is 8.22. The van der Waals surface area contributed by atoms with E-state index in [4.69, 9.17) is 4.98 Å². The van der Waals surface area contributed by atoms with Crippen LogP contribution >= 0.6 is 11.3 Å². The van der Waals surface area contributed by atoms with Gasteiger partial charge in [-0.25, -0.2) is 4.98 Å². The molecule has 0 bridgehead atoms. The summed E-state index contributed by atoms with van der Waals surface area (Å²) in [6, 6.07) is 0. The van der Waals surface area contributed by atoms with Crippen LogP contribution in [0.1, 0.15) is 65.1 Å². The highest BCUT2D eigenvalue weighted by molar-refractivity contribution is 7.09. The molecule has 3 heteroatoms. The van der Waals surface area contributed by atoms with Crippen LogP contribution in [0.5, 0.6) is 0 Å². The standard InChI is InChI=1S/C17H32N2S/c1-7-8-18-11-14(9-13(2)3)10-16-19-15(12-20-16)17(4,5)6/h12-14,18H,7-11H2,1-6H3. The zero-order chi connectivity index (χ0) is 15.2. The number of hydrogen-bond donors (Lipinski definition) is 1. The molecule has 116 valence electrons. The van der Waals surface area contributed by atoms with Crippen molar-refractivity contribution in [2.45, 2.75) is 66.2 Å². The van der Waals surface area contributed by atoms with Gasteiger partial charge in [-0.1, -0.05) is 41.5 Å². The average molecular weight is 297 g/mol. The van der Waals surface area contributed by atoms with Gasteiger partial charge in [-0.2, -0.15) is 0 Å². The Bertz CT molecular complexity index is 377. The maximum absolute atomic E-state index is 4.85. The first kappa shape index (κ1) is 17.6. The van der Waals surface area contributed by atoms with Gasteiger partial charge in [-0.05, 0) is 37.8 Å². The Morgan fingerprint density at radius 1 is 1.30 bits per heavy atom. The third-order valence-corrected chi connectivity index (χ3v) is 4.32. The van der Waals surface area contributed by atoms with E-state index >= 15 is 0 Å². The van der Waals surface area contributed by atoms with E-state index in [1.807, 2.05) is 11.3 Å². The molecule has 1 N–H and O–H groups in total. The SMILES string of the molecule is CCCNCC(Cc1nc(C(C)(C)C)cs1)CC(C)C. The van der Waals surface area contributed by atoms with Crippen molar-refractivity contribution in [3.63, 3.8) is 0 Å². The van der Waals surface area contributed by atoms with E-state index in [0.29, 0.717) is 5.92 Å². The van der Waals surface area contributed by atoms with Crippen molar-refractivity contribution in [2.24, 2.45) is 11.8 Å². The average Bonchev–Trinajstić information content (AvgIpc) is 2.76. The van der Waals surface area contributed by atoms with Gasteiger partial charge < -0.3 is 5.32 Å². The number of nitrogens with one attached hydrogen (secondary N) is 1. The normalized spacial score (nSPS) is 13.9. The molecule has 0 aliphatic rings. The molecule has 1 unspecified atom stereocenters. The van der Waals surface area contributed by atoms with Crippen molar-refractivity contribution < 1.29 is 0 Å². The van der Waals surface area contributed by atoms with Crippen molar-refractivity contribution in [1.82, 2.24) is 10.3 Å². The Hall–Kier alpha value is -0.410. The molecule has 0 amide bonds. The molecule has 0 fully saturated rings. The highest BCUT2D eigenvalue weighted by Crippen LogP contribution is 2.26. The second-order valence-electron chi connectivity index (χ2n) is 7.28. The summed E-state index contributed by atoms with van der Waals surface area (Å²) in [6.07, 6.45) is 3.61. The molecule has 1 atom stereocenters. The summed E-state index contributed by atoms with van der Waals surface area (Å²) >= 11 is 1.83. The summed E-state index contributed by atoms with van der Waals surface area (Å²) < 4.78 is 0. The summed E-state index contributed by atoms with van der Waals surface area (Å²) in [5.41, 5.74) is 1.41. The van der Waals surface area contributed by atoms with Crippen LogP contribution in [0.25, 0.3) is 0 Å². The van der Waals surface area contributed by atoms with Crippen LogP contribution in [-0.4, -0.2) is 18.1 Å². The molecular formula is C17H32N2S. The minimum atomic E-state index is 0.169. The number of thiazole rings is 1. The Kier molecular flexibility index (Phi) is 7.18. The van der Waals surface area contributed by atoms with Gasteiger partial charge in [-0.15, -0.1) is 11.3 Å². The van der Waals surface area contributed by atoms with Gasteiger partial charge in [0, 0.05) is 17.2 Å². The predicted molar refractivity (Wildman–Crippen MR) is 90.6 cm³/mol. The molecule has 0 aromatic carbocycles. The highest BCUT2D eigenvalue weighted by Gasteiger charge is 2.19. The van der Waals surface area contributed by atoms with E-state index in [1.54, 1.807) is 0 Å². The Morgan fingerprint density at radius 3 is 2.50 bits per heavy atom. The summed E-state index contributed by atoms with van der Waals surface area (Å²) in [5, 5.41) is 7.12. The molecule has 0 spiro atoms. The van der Waals surface area contributed by atoms with Crippen LogP contribution in [-0.2, 0) is 11.8 Å². The largest absolute Gasteiger partial charge is 0.316 e. The fourth-order valence-electron chi connectivity index (χ4n) is 2.38. The predicted octanol–water partition coefficient (Wildman–Crippen LogP) is 4.65. The molecule has 0 aliphatic carbocycles. The molecule has 0 saturated heterocycles. The quantitative estimate of drug-likeness (QED) is 0.707. The van der Waals surface area contributed by atoms with Gasteiger partial charge in [0.1, 0.15) is 0 Å². The molecule has 1 aromatic rings. The van der Waals surface area contributed by atoms with Gasteiger partial charge in [0.05, 0.1) is 10.7 Å². The van der Waals surface area contributed by atoms with Crippen molar-refractivity contribution in [2.75, 3.05) is 13.1 Å². The number of nitrogens with zero attached hydrogens (tertiary/aromatic N) is 1. The molecule has 1 heterocycles. The number of rotatable bonds is 8. The Balaban J connectivity index is 2.61. The lowest BCUT2D eigenvalue weighted by Crippen LogP contribution is -2.26. The van der Waals surface area contributed by atoms with Crippen molar-refractivity contribution >= 4 is 11.3 Å². The van der Waals surface area contributed by atoms with Crippen molar-refractivity contribution in [3.05, 3.63) is 16.1 Å². The first-order valence-corrected chi connectivity index (χ1v) is 8.86. The van der Waals surface area contributed by atoms with E-state index in [2.05, 4.69) is 52.2 Å². The lowest BCUT2D eigenvalue weighted by molar-refractivity contribution is 0.384. The molecule has 0 saturated carbocycles. The summed E-state index contributed by atoms with van der Waals surface area (Å²) in [6.45, 7) is 15.8. The third-order valence-electron chi connectivity index (χ3n) is 3.45. The smallest absolute Gasteiger partial charge is 0.0931 e. The molecule has 1 rings (SSSR count). The summed E-state index contributed by atoms with van der Waals surface area (Å²) in [4.78, 5) is 4.85. The third kappa shape index (κ3) is 6.36. The monoisotopic (exact) mass is 296 g/mol. The molecule has 20 heavy (non-hydrogen) atoms. The van der Waals surface area contributed by atoms with E-state index in [9.17, 15) is 0 Å². The molecule has 2 nitrogen and oxygen atoms in total. The Labute approximate surface area is 129 Å². The van der Waals surface area contributed by atoms with Crippen LogP contribution in [0.3, 0.4) is 0 Å². The highest BCUT2D eigenvalue weighted by atomic mass is 32.1. The zero-order valence-electron chi connectivity index (χ0n) is 14.1. The maximum atomic E-state index is 4.85. The number of hydrogen-bond acceptors (Lipinski definition) is 3. The minimum Gasteiger partial charge on any atom is -0.316 e. The van der Waals surface area contributed by atoms with Crippen LogP contribution in [0.4, 0.5) is 0 Å². The summed E-state index contributed by atoms with van der Waals surface area (Å²) in [7, 11) is 0.